The quantitative estimate of drug-likeness (QED) is 0.603. The lowest BCUT2D eigenvalue weighted by Crippen LogP contribution is -2.09. The van der Waals surface area contributed by atoms with Gasteiger partial charge in [-0.15, -0.1) is 0 Å². The maximum Gasteiger partial charge on any atom is 0.303 e. The Labute approximate surface area is 148 Å². The maximum absolute atomic E-state index is 10.8. The number of Topliss-reactive ketones (excluding diaryl/α,β-unsaturated/α-hetero) is 1. The zero-order valence-electron chi connectivity index (χ0n) is 16.1. The van der Waals surface area contributed by atoms with Crippen molar-refractivity contribution < 1.29 is 14.7 Å². The largest absolute Gasteiger partial charge is 0.481 e. The second kappa shape index (κ2) is 11.7. The van der Waals surface area contributed by atoms with Crippen LogP contribution in [-0.4, -0.2) is 16.9 Å². The molecule has 0 radical (unpaired) electrons. The molecule has 3 heteroatoms. The van der Waals surface area contributed by atoms with Gasteiger partial charge in [-0.2, -0.15) is 0 Å². The predicted octanol–water partition coefficient (Wildman–Crippen LogP) is 5.86. The highest BCUT2D eigenvalue weighted by atomic mass is 16.4. The van der Waals surface area contributed by atoms with Crippen molar-refractivity contribution in [3.05, 3.63) is 0 Å². The Morgan fingerprint density at radius 2 is 1.21 bits per heavy atom. The lowest BCUT2D eigenvalue weighted by molar-refractivity contribution is -0.137. The van der Waals surface area contributed by atoms with E-state index in [4.69, 9.17) is 5.11 Å². The van der Waals surface area contributed by atoms with E-state index in [1.54, 1.807) is 6.92 Å². The molecule has 0 heterocycles. The summed E-state index contributed by atoms with van der Waals surface area (Å²) < 4.78 is 0. The van der Waals surface area contributed by atoms with Crippen LogP contribution in [0.1, 0.15) is 97.8 Å². The number of carbonyl (C=O) groups excluding carboxylic acids is 1. The Morgan fingerprint density at radius 3 is 1.54 bits per heavy atom. The van der Waals surface area contributed by atoms with Crippen LogP contribution in [0.3, 0.4) is 0 Å². The summed E-state index contributed by atoms with van der Waals surface area (Å²) in [7, 11) is 0. The van der Waals surface area contributed by atoms with E-state index < -0.39 is 5.97 Å². The molecule has 2 aliphatic rings. The van der Waals surface area contributed by atoms with Gasteiger partial charge in [-0.05, 0) is 43.4 Å². The van der Waals surface area contributed by atoms with E-state index in [9.17, 15) is 9.59 Å². The Morgan fingerprint density at radius 1 is 0.833 bits per heavy atom. The molecule has 1 N–H and O–H groups in total. The smallest absolute Gasteiger partial charge is 0.303 e. The second-order valence-electron chi connectivity index (χ2n) is 8.22. The molecule has 2 fully saturated rings. The first-order valence-corrected chi connectivity index (χ1v) is 10.1. The number of carboxylic acids is 1. The number of hydrogen-bond acceptors (Lipinski definition) is 2. The monoisotopic (exact) mass is 338 g/mol. The van der Waals surface area contributed by atoms with Crippen LogP contribution in [0.2, 0.25) is 0 Å². The standard InChI is InChI=1S/C11H20O.C10H18O2/c1-9(7-8-10(2)12)11-5-3-4-6-11;1-8(6-7-10(11)12)9-4-2-3-5-9/h9,11H,3-8H2,1-2H3;8-9H,2-7H2,1H3,(H,11,12). The fourth-order valence-corrected chi connectivity index (χ4v) is 4.31. The molecule has 0 amide bonds. The van der Waals surface area contributed by atoms with E-state index in [0.717, 1.165) is 37.0 Å². The first kappa shape index (κ1) is 21.2. The molecule has 140 valence electrons. The average Bonchev–Trinajstić information content (AvgIpc) is 3.23. The third kappa shape index (κ3) is 8.84. The van der Waals surface area contributed by atoms with Crippen molar-refractivity contribution >= 4 is 11.8 Å². The SMILES string of the molecule is CC(=O)CCC(C)C1CCCC1.CC(CCC(=O)O)C1CCCC1. The van der Waals surface area contributed by atoms with Crippen LogP contribution in [0.15, 0.2) is 0 Å². The summed E-state index contributed by atoms with van der Waals surface area (Å²) in [6.45, 7) is 6.19. The van der Waals surface area contributed by atoms with Gasteiger partial charge >= 0.3 is 5.97 Å². The Kier molecular flexibility index (Phi) is 10.3. The molecule has 0 aromatic carbocycles. The first-order valence-electron chi connectivity index (χ1n) is 10.1. The molecule has 0 aliphatic heterocycles. The van der Waals surface area contributed by atoms with Crippen molar-refractivity contribution in [2.24, 2.45) is 23.7 Å². The Hall–Kier alpha value is -0.860. The lowest BCUT2D eigenvalue weighted by Gasteiger charge is -2.17. The third-order valence-electron chi connectivity index (χ3n) is 6.17. The molecule has 2 rings (SSSR count). The molecule has 2 saturated carbocycles. The molecule has 0 aromatic rings. The van der Waals surface area contributed by atoms with Gasteiger partial charge < -0.3 is 9.90 Å². The zero-order valence-corrected chi connectivity index (χ0v) is 16.1. The summed E-state index contributed by atoms with van der Waals surface area (Å²) in [4.78, 5) is 21.1. The second-order valence-corrected chi connectivity index (χ2v) is 8.22. The van der Waals surface area contributed by atoms with Crippen LogP contribution < -0.4 is 0 Å². The fourth-order valence-electron chi connectivity index (χ4n) is 4.31. The normalized spacial score (nSPS) is 21.1. The molecule has 24 heavy (non-hydrogen) atoms. The molecule has 0 aromatic heterocycles. The number of hydrogen-bond donors (Lipinski definition) is 1. The van der Waals surface area contributed by atoms with Gasteiger partial charge in [-0.25, -0.2) is 0 Å². The van der Waals surface area contributed by atoms with E-state index in [-0.39, 0.29) is 0 Å². The minimum atomic E-state index is -0.653. The van der Waals surface area contributed by atoms with Gasteiger partial charge in [-0.1, -0.05) is 65.2 Å². The van der Waals surface area contributed by atoms with E-state index >= 15 is 0 Å². The molecule has 3 nitrogen and oxygen atoms in total. The third-order valence-corrected chi connectivity index (χ3v) is 6.17. The summed E-state index contributed by atoms with van der Waals surface area (Å²) >= 11 is 0. The molecule has 0 spiro atoms. The van der Waals surface area contributed by atoms with Crippen molar-refractivity contribution in [3.8, 4) is 0 Å². The molecule has 0 saturated heterocycles. The summed E-state index contributed by atoms with van der Waals surface area (Å²) in [6.07, 6.45) is 14.1. The van der Waals surface area contributed by atoms with Gasteiger partial charge in [0.05, 0.1) is 0 Å². The van der Waals surface area contributed by atoms with Crippen LogP contribution in [0.5, 0.6) is 0 Å². The minimum Gasteiger partial charge on any atom is -0.481 e. The predicted molar refractivity (Wildman–Crippen MR) is 99.0 cm³/mol. The first-order chi connectivity index (χ1) is 11.4. The van der Waals surface area contributed by atoms with Gasteiger partial charge in [0.1, 0.15) is 5.78 Å². The van der Waals surface area contributed by atoms with Crippen LogP contribution in [0.25, 0.3) is 0 Å². The molecule has 2 atom stereocenters. The van der Waals surface area contributed by atoms with Gasteiger partial charge in [0.2, 0.25) is 0 Å². The highest BCUT2D eigenvalue weighted by Crippen LogP contribution is 2.34. The van der Waals surface area contributed by atoms with Crippen LogP contribution >= 0.6 is 0 Å². The summed E-state index contributed by atoms with van der Waals surface area (Å²) in [6, 6.07) is 0. The summed E-state index contributed by atoms with van der Waals surface area (Å²) in [5, 5.41) is 8.51. The molecule has 2 aliphatic carbocycles. The molecular weight excluding hydrogens is 300 g/mol. The van der Waals surface area contributed by atoms with Crippen LogP contribution in [0, 0.1) is 23.7 Å². The number of aliphatic carboxylic acids is 1. The minimum absolute atomic E-state index is 0.345. The Bertz CT molecular complexity index is 329. The highest BCUT2D eigenvalue weighted by molar-refractivity contribution is 5.75. The van der Waals surface area contributed by atoms with Crippen molar-refractivity contribution in [2.75, 3.05) is 0 Å². The average molecular weight is 339 g/mol. The lowest BCUT2D eigenvalue weighted by atomic mass is 9.88. The maximum atomic E-state index is 10.8. The van der Waals surface area contributed by atoms with Gasteiger partial charge in [-0.3, -0.25) is 4.79 Å². The number of carboxylic acid groups (broad SMARTS) is 1. The number of rotatable bonds is 8. The van der Waals surface area contributed by atoms with Crippen molar-refractivity contribution in [1.82, 2.24) is 0 Å². The highest BCUT2D eigenvalue weighted by Gasteiger charge is 2.22. The molecule has 2 unspecified atom stereocenters. The molecular formula is C21H38O3. The van der Waals surface area contributed by atoms with E-state index in [0.29, 0.717) is 18.1 Å². The van der Waals surface area contributed by atoms with Crippen molar-refractivity contribution in [2.45, 2.75) is 97.8 Å². The van der Waals surface area contributed by atoms with Crippen LogP contribution in [-0.2, 0) is 9.59 Å². The topological polar surface area (TPSA) is 54.4 Å². The Balaban J connectivity index is 0.000000240. The summed E-state index contributed by atoms with van der Waals surface area (Å²) in [5.74, 6) is 2.81. The zero-order chi connectivity index (χ0) is 17.9. The fraction of sp³-hybridized carbons (Fsp3) is 0.905. The van der Waals surface area contributed by atoms with E-state index in [1.807, 2.05) is 0 Å². The van der Waals surface area contributed by atoms with E-state index in [1.165, 1.54) is 51.4 Å². The van der Waals surface area contributed by atoms with Crippen molar-refractivity contribution in [1.29, 1.82) is 0 Å². The van der Waals surface area contributed by atoms with Gasteiger partial charge in [0, 0.05) is 12.8 Å². The van der Waals surface area contributed by atoms with Crippen molar-refractivity contribution in [3.63, 3.8) is 0 Å². The summed E-state index contributed by atoms with van der Waals surface area (Å²) in [5.41, 5.74) is 0. The molecule has 0 bridgehead atoms. The van der Waals surface area contributed by atoms with E-state index in [2.05, 4.69) is 13.8 Å². The van der Waals surface area contributed by atoms with Crippen LogP contribution in [0.4, 0.5) is 0 Å². The van der Waals surface area contributed by atoms with Gasteiger partial charge in [0.15, 0.2) is 0 Å². The number of carbonyl (C=O) groups is 2. The number of ketones is 1. The van der Waals surface area contributed by atoms with Gasteiger partial charge in [0.25, 0.3) is 0 Å².